The maximum Gasteiger partial charge on any atom is 0.264 e. The van der Waals surface area contributed by atoms with E-state index in [4.69, 9.17) is 11.6 Å². The van der Waals surface area contributed by atoms with Crippen LogP contribution in [0.15, 0.2) is 83.8 Å². The Morgan fingerprint density at radius 3 is 2.16 bits per heavy atom. The molecule has 37 heavy (non-hydrogen) atoms. The van der Waals surface area contributed by atoms with Crippen molar-refractivity contribution >= 4 is 39.1 Å². The smallest absolute Gasteiger partial charge is 0.264 e. The highest BCUT2D eigenvalue weighted by atomic mass is 35.5. The number of aryl methyl sites for hydroxylation is 1. The molecular formula is C28H32ClN3O4S. The van der Waals surface area contributed by atoms with Crippen LogP contribution in [-0.2, 0) is 26.2 Å². The van der Waals surface area contributed by atoms with Gasteiger partial charge in [0.2, 0.25) is 11.8 Å². The number of nitrogens with one attached hydrogen (secondary N) is 1. The van der Waals surface area contributed by atoms with Crippen molar-refractivity contribution in [2.75, 3.05) is 17.4 Å². The van der Waals surface area contributed by atoms with Gasteiger partial charge in [-0.05, 0) is 62.2 Å². The second kappa shape index (κ2) is 12.7. The predicted octanol–water partition coefficient (Wildman–Crippen LogP) is 4.79. The summed E-state index contributed by atoms with van der Waals surface area (Å²) >= 11 is 5.96. The van der Waals surface area contributed by atoms with Crippen LogP contribution >= 0.6 is 11.6 Å². The molecule has 0 aromatic heterocycles. The summed E-state index contributed by atoms with van der Waals surface area (Å²) in [4.78, 5) is 28.0. The minimum Gasteiger partial charge on any atom is -0.354 e. The first-order chi connectivity index (χ1) is 17.6. The number of rotatable bonds is 11. The van der Waals surface area contributed by atoms with Gasteiger partial charge in [0.15, 0.2) is 0 Å². The summed E-state index contributed by atoms with van der Waals surface area (Å²) in [5.41, 5.74) is 2.24. The SMILES string of the molecule is CCCNC(=O)[C@H](C)N(Cc1ccc(C)cc1)C(=O)CN(c1ccccc1)S(=O)(=O)c1ccc(Cl)cc1. The van der Waals surface area contributed by atoms with Gasteiger partial charge in [0.05, 0.1) is 10.6 Å². The van der Waals surface area contributed by atoms with Crippen LogP contribution < -0.4 is 9.62 Å². The van der Waals surface area contributed by atoms with E-state index in [1.807, 2.05) is 38.1 Å². The van der Waals surface area contributed by atoms with Gasteiger partial charge in [-0.15, -0.1) is 0 Å². The average molecular weight is 542 g/mol. The number of benzene rings is 3. The van der Waals surface area contributed by atoms with Crippen molar-refractivity contribution in [1.29, 1.82) is 0 Å². The highest BCUT2D eigenvalue weighted by Gasteiger charge is 2.32. The Balaban J connectivity index is 1.98. The fourth-order valence-corrected chi connectivity index (χ4v) is 5.27. The first kappa shape index (κ1) is 28.2. The van der Waals surface area contributed by atoms with Gasteiger partial charge < -0.3 is 10.2 Å². The number of carbonyl (C=O) groups excluding carboxylic acids is 2. The van der Waals surface area contributed by atoms with Crippen LogP contribution in [-0.4, -0.2) is 44.3 Å². The molecule has 0 saturated heterocycles. The van der Waals surface area contributed by atoms with Crippen LogP contribution in [0.2, 0.25) is 5.02 Å². The van der Waals surface area contributed by atoms with E-state index < -0.39 is 28.5 Å². The van der Waals surface area contributed by atoms with Crippen molar-refractivity contribution in [2.24, 2.45) is 0 Å². The van der Waals surface area contributed by atoms with Gasteiger partial charge in [0.25, 0.3) is 10.0 Å². The normalized spacial score (nSPS) is 12.0. The van der Waals surface area contributed by atoms with Crippen molar-refractivity contribution in [3.63, 3.8) is 0 Å². The highest BCUT2D eigenvalue weighted by molar-refractivity contribution is 7.92. The number of nitrogens with zero attached hydrogens (tertiary/aromatic N) is 2. The van der Waals surface area contributed by atoms with Crippen LogP contribution in [0, 0.1) is 6.92 Å². The lowest BCUT2D eigenvalue weighted by molar-refractivity contribution is -0.139. The van der Waals surface area contributed by atoms with Crippen molar-refractivity contribution < 1.29 is 18.0 Å². The van der Waals surface area contributed by atoms with E-state index in [1.165, 1.54) is 29.2 Å². The van der Waals surface area contributed by atoms with Crippen molar-refractivity contribution in [1.82, 2.24) is 10.2 Å². The molecule has 9 heteroatoms. The second-order valence-electron chi connectivity index (χ2n) is 8.78. The van der Waals surface area contributed by atoms with Crippen LogP contribution in [0.4, 0.5) is 5.69 Å². The van der Waals surface area contributed by atoms with E-state index >= 15 is 0 Å². The molecule has 0 bridgehead atoms. The lowest BCUT2D eigenvalue weighted by Crippen LogP contribution is -2.51. The summed E-state index contributed by atoms with van der Waals surface area (Å²) in [7, 11) is -4.11. The number of hydrogen-bond acceptors (Lipinski definition) is 4. The zero-order valence-corrected chi connectivity index (χ0v) is 22.8. The number of para-hydroxylation sites is 1. The summed E-state index contributed by atoms with van der Waals surface area (Å²) in [6.07, 6.45) is 0.755. The number of anilines is 1. The molecule has 0 spiro atoms. The molecule has 0 heterocycles. The molecule has 0 unspecified atom stereocenters. The van der Waals surface area contributed by atoms with Gasteiger partial charge in [-0.1, -0.05) is 66.6 Å². The van der Waals surface area contributed by atoms with Gasteiger partial charge in [0.1, 0.15) is 12.6 Å². The van der Waals surface area contributed by atoms with Gasteiger partial charge in [0, 0.05) is 18.1 Å². The molecule has 3 rings (SSSR count). The van der Waals surface area contributed by atoms with E-state index in [2.05, 4.69) is 5.32 Å². The van der Waals surface area contributed by atoms with Crippen LogP contribution in [0.25, 0.3) is 0 Å². The van der Waals surface area contributed by atoms with Gasteiger partial charge in [-0.25, -0.2) is 8.42 Å². The molecular weight excluding hydrogens is 510 g/mol. The number of hydrogen-bond donors (Lipinski definition) is 1. The van der Waals surface area contributed by atoms with E-state index in [0.717, 1.165) is 21.9 Å². The first-order valence-corrected chi connectivity index (χ1v) is 13.9. The van der Waals surface area contributed by atoms with E-state index in [0.29, 0.717) is 17.3 Å². The van der Waals surface area contributed by atoms with Crippen molar-refractivity contribution in [3.8, 4) is 0 Å². The third kappa shape index (κ3) is 7.33. The monoisotopic (exact) mass is 541 g/mol. The maximum absolute atomic E-state index is 13.8. The summed E-state index contributed by atoms with van der Waals surface area (Å²) in [5.74, 6) is -0.796. The number of halogens is 1. The Hall–Kier alpha value is -3.36. The standard InChI is InChI=1S/C28H32ClN3O4S/c1-4-18-30-28(34)22(3)31(19-23-12-10-21(2)11-13-23)27(33)20-32(25-8-6-5-7-9-25)37(35,36)26-16-14-24(29)15-17-26/h5-17,22H,4,18-20H2,1-3H3,(H,30,34)/t22-/m0/s1. The molecule has 7 nitrogen and oxygen atoms in total. The molecule has 0 aliphatic carbocycles. The third-order valence-corrected chi connectivity index (χ3v) is 7.95. The molecule has 0 aliphatic heterocycles. The molecule has 1 N–H and O–H groups in total. The molecule has 0 radical (unpaired) electrons. The van der Waals surface area contributed by atoms with E-state index in [1.54, 1.807) is 37.3 Å². The fraction of sp³-hybridized carbons (Fsp3) is 0.286. The summed E-state index contributed by atoms with van der Waals surface area (Å²) in [6.45, 7) is 5.72. The quantitative estimate of drug-likeness (QED) is 0.378. The Bertz CT molecular complexity index is 1300. The molecule has 1 atom stereocenters. The predicted molar refractivity (Wildman–Crippen MR) is 147 cm³/mol. The Labute approximate surface area is 224 Å². The van der Waals surface area contributed by atoms with Crippen molar-refractivity contribution in [2.45, 2.75) is 44.7 Å². The van der Waals surface area contributed by atoms with E-state index in [9.17, 15) is 18.0 Å². The molecule has 3 aromatic rings. The molecule has 3 aromatic carbocycles. The van der Waals surface area contributed by atoms with Crippen LogP contribution in [0.1, 0.15) is 31.4 Å². The van der Waals surface area contributed by atoms with Gasteiger partial charge in [-0.2, -0.15) is 0 Å². The minimum atomic E-state index is -4.11. The Morgan fingerprint density at radius 2 is 1.57 bits per heavy atom. The summed E-state index contributed by atoms with van der Waals surface area (Å²) < 4.78 is 28.4. The lowest BCUT2D eigenvalue weighted by atomic mass is 10.1. The molecule has 196 valence electrons. The first-order valence-electron chi connectivity index (χ1n) is 12.1. The highest BCUT2D eigenvalue weighted by Crippen LogP contribution is 2.25. The summed E-state index contributed by atoms with van der Waals surface area (Å²) in [5, 5.41) is 3.23. The zero-order chi connectivity index (χ0) is 27.0. The largest absolute Gasteiger partial charge is 0.354 e. The molecule has 2 amide bonds. The fourth-order valence-electron chi connectivity index (χ4n) is 3.73. The minimum absolute atomic E-state index is 0.00683. The second-order valence-corrected chi connectivity index (χ2v) is 11.1. The number of carbonyl (C=O) groups is 2. The average Bonchev–Trinajstić information content (AvgIpc) is 2.90. The van der Waals surface area contributed by atoms with Gasteiger partial charge in [-0.3, -0.25) is 13.9 Å². The molecule has 0 saturated carbocycles. The van der Waals surface area contributed by atoms with E-state index in [-0.39, 0.29) is 17.3 Å². The maximum atomic E-state index is 13.8. The third-order valence-electron chi connectivity index (χ3n) is 5.91. The summed E-state index contributed by atoms with van der Waals surface area (Å²) in [6, 6.07) is 21.1. The Kier molecular flexibility index (Phi) is 9.72. The number of amides is 2. The van der Waals surface area contributed by atoms with Gasteiger partial charge >= 0.3 is 0 Å². The zero-order valence-electron chi connectivity index (χ0n) is 21.2. The molecule has 0 fully saturated rings. The topological polar surface area (TPSA) is 86.8 Å². The lowest BCUT2D eigenvalue weighted by Gasteiger charge is -2.32. The Morgan fingerprint density at radius 1 is 0.946 bits per heavy atom. The number of sulfonamides is 1. The van der Waals surface area contributed by atoms with Crippen molar-refractivity contribution in [3.05, 3.63) is 95.0 Å². The van der Waals surface area contributed by atoms with Crippen LogP contribution in [0.5, 0.6) is 0 Å². The van der Waals surface area contributed by atoms with Crippen LogP contribution in [0.3, 0.4) is 0 Å². The molecule has 0 aliphatic rings.